The molecule has 1 rings (SSSR count). The zero-order valence-electron chi connectivity index (χ0n) is 5.52. The second-order valence-corrected chi connectivity index (χ2v) is 3.11. The molecule has 0 aliphatic heterocycles. The topological polar surface area (TPSA) is 20.2 Å². The largest absolute Gasteiger partial charge is 0.393 e. The van der Waals surface area contributed by atoms with E-state index in [1.807, 2.05) is 0 Å². The minimum Gasteiger partial charge on any atom is -0.393 e. The van der Waals surface area contributed by atoms with Crippen molar-refractivity contribution in [3.8, 4) is 0 Å². The van der Waals surface area contributed by atoms with E-state index >= 15 is 0 Å². The van der Waals surface area contributed by atoms with Gasteiger partial charge in [0, 0.05) is 5.88 Å². The van der Waals surface area contributed by atoms with Gasteiger partial charge in [-0.15, -0.1) is 11.6 Å². The summed E-state index contributed by atoms with van der Waals surface area (Å²) in [4.78, 5) is 0. The Morgan fingerprint density at radius 2 is 2.22 bits per heavy atom. The van der Waals surface area contributed by atoms with E-state index in [9.17, 15) is 5.11 Å². The molecule has 1 saturated carbocycles. The SMILES string of the molecule is OC(CCCCl)C1CC1. The zero-order valence-corrected chi connectivity index (χ0v) is 6.27. The first-order valence-corrected chi connectivity index (χ1v) is 4.12. The summed E-state index contributed by atoms with van der Waals surface area (Å²) in [5.74, 6) is 1.30. The first-order valence-electron chi connectivity index (χ1n) is 3.58. The summed E-state index contributed by atoms with van der Waals surface area (Å²) in [6, 6.07) is 0. The lowest BCUT2D eigenvalue weighted by atomic mass is 10.1. The van der Waals surface area contributed by atoms with Crippen molar-refractivity contribution in [3.63, 3.8) is 0 Å². The first-order chi connectivity index (χ1) is 4.34. The average Bonchev–Trinajstić information content (AvgIpc) is 2.63. The maximum Gasteiger partial charge on any atom is 0.0568 e. The lowest BCUT2D eigenvalue weighted by molar-refractivity contribution is 0.141. The van der Waals surface area contributed by atoms with Gasteiger partial charge in [0.1, 0.15) is 0 Å². The van der Waals surface area contributed by atoms with Gasteiger partial charge in [-0.05, 0) is 31.6 Å². The minimum atomic E-state index is -0.0521. The molecular weight excluding hydrogens is 136 g/mol. The van der Waals surface area contributed by atoms with Crippen LogP contribution in [0.3, 0.4) is 0 Å². The van der Waals surface area contributed by atoms with Gasteiger partial charge in [0.25, 0.3) is 0 Å². The number of aliphatic hydroxyl groups excluding tert-OH is 1. The van der Waals surface area contributed by atoms with E-state index in [2.05, 4.69) is 0 Å². The van der Waals surface area contributed by atoms with Crippen LogP contribution in [-0.4, -0.2) is 17.1 Å². The van der Waals surface area contributed by atoms with E-state index in [0.29, 0.717) is 11.8 Å². The third-order valence-corrected chi connectivity index (χ3v) is 2.07. The van der Waals surface area contributed by atoms with E-state index < -0.39 is 0 Å². The van der Waals surface area contributed by atoms with E-state index in [-0.39, 0.29) is 6.10 Å². The van der Waals surface area contributed by atoms with Gasteiger partial charge in [-0.1, -0.05) is 0 Å². The summed E-state index contributed by atoms with van der Waals surface area (Å²) in [6.07, 6.45) is 4.25. The number of hydrogen-bond donors (Lipinski definition) is 1. The molecule has 0 heterocycles. The lowest BCUT2D eigenvalue weighted by Crippen LogP contribution is -2.08. The normalized spacial score (nSPS) is 22.0. The molecule has 0 saturated heterocycles. The van der Waals surface area contributed by atoms with Crippen LogP contribution in [-0.2, 0) is 0 Å². The van der Waals surface area contributed by atoms with Crippen molar-refractivity contribution in [2.24, 2.45) is 5.92 Å². The third kappa shape index (κ3) is 2.55. The minimum absolute atomic E-state index is 0.0521. The summed E-state index contributed by atoms with van der Waals surface area (Å²) < 4.78 is 0. The maximum atomic E-state index is 9.26. The molecule has 1 aliphatic carbocycles. The fraction of sp³-hybridized carbons (Fsp3) is 1.00. The molecule has 1 unspecified atom stereocenters. The van der Waals surface area contributed by atoms with Gasteiger partial charge in [-0.25, -0.2) is 0 Å². The van der Waals surface area contributed by atoms with Gasteiger partial charge >= 0.3 is 0 Å². The Balaban J connectivity index is 1.96. The Morgan fingerprint density at radius 1 is 1.56 bits per heavy atom. The Hall–Kier alpha value is 0.250. The van der Waals surface area contributed by atoms with Crippen LogP contribution in [0.2, 0.25) is 0 Å². The van der Waals surface area contributed by atoms with Crippen LogP contribution in [0.25, 0.3) is 0 Å². The highest BCUT2D eigenvalue weighted by molar-refractivity contribution is 6.17. The van der Waals surface area contributed by atoms with Crippen LogP contribution in [0.5, 0.6) is 0 Å². The number of aliphatic hydroxyl groups is 1. The second kappa shape index (κ2) is 3.43. The molecule has 0 aromatic heterocycles. The van der Waals surface area contributed by atoms with Gasteiger partial charge in [-0.3, -0.25) is 0 Å². The Kier molecular flexibility index (Phi) is 2.80. The molecular formula is C7H13ClO. The predicted molar refractivity (Wildman–Crippen MR) is 38.7 cm³/mol. The molecule has 0 bridgehead atoms. The molecule has 0 aromatic rings. The number of halogens is 1. The van der Waals surface area contributed by atoms with Crippen LogP contribution in [0.1, 0.15) is 25.7 Å². The predicted octanol–water partition coefficient (Wildman–Crippen LogP) is 1.78. The van der Waals surface area contributed by atoms with Crippen molar-refractivity contribution in [3.05, 3.63) is 0 Å². The van der Waals surface area contributed by atoms with Gasteiger partial charge in [-0.2, -0.15) is 0 Å². The molecule has 1 fully saturated rings. The van der Waals surface area contributed by atoms with Crippen molar-refractivity contribution < 1.29 is 5.11 Å². The molecule has 1 nitrogen and oxygen atoms in total. The number of alkyl halides is 1. The van der Waals surface area contributed by atoms with E-state index in [1.54, 1.807) is 0 Å². The highest BCUT2D eigenvalue weighted by atomic mass is 35.5. The van der Waals surface area contributed by atoms with Crippen LogP contribution in [0, 0.1) is 5.92 Å². The standard InChI is InChI=1S/C7H13ClO/c8-5-1-2-7(9)6-3-4-6/h6-7,9H,1-5H2. The average molecular weight is 149 g/mol. The van der Waals surface area contributed by atoms with Gasteiger partial charge < -0.3 is 5.11 Å². The zero-order chi connectivity index (χ0) is 6.69. The molecule has 0 spiro atoms. The van der Waals surface area contributed by atoms with Gasteiger partial charge in [0.15, 0.2) is 0 Å². The fourth-order valence-corrected chi connectivity index (χ4v) is 1.16. The quantitative estimate of drug-likeness (QED) is 0.603. The lowest BCUT2D eigenvalue weighted by Gasteiger charge is -2.05. The summed E-state index contributed by atoms with van der Waals surface area (Å²) in [5.41, 5.74) is 0. The monoisotopic (exact) mass is 148 g/mol. The van der Waals surface area contributed by atoms with E-state index in [4.69, 9.17) is 11.6 Å². The van der Waals surface area contributed by atoms with Crippen molar-refractivity contribution in [2.75, 3.05) is 5.88 Å². The summed E-state index contributed by atoms with van der Waals surface area (Å²) in [5, 5.41) is 9.26. The van der Waals surface area contributed by atoms with Crippen LogP contribution in [0.4, 0.5) is 0 Å². The molecule has 0 radical (unpaired) electrons. The molecule has 54 valence electrons. The smallest absolute Gasteiger partial charge is 0.0568 e. The summed E-state index contributed by atoms with van der Waals surface area (Å²) in [6.45, 7) is 0. The molecule has 1 N–H and O–H groups in total. The van der Waals surface area contributed by atoms with Crippen molar-refractivity contribution in [1.82, 2.24) is 0 Å². The molecule has 2 heteroatoms. The van der Waals surface area contributed by atoms with Gasteiger partial charge in [0.05, 0.1) is 6.10 Å². The highest BCUT2D eigenvalue weighted by Crippen LogP contribution is 2.34. The second-order valence-electron chi connectivity index (χ2n) is 2.74. The Morgan fingerprint density at radius 3 is 2.67 bits per heavy atom. The molecule has 1 atom stereocenters. The third-order valence-electron chi connectivity index (χ3n) is 1.80. The van der Waals surface area contributed by atoms with Crippen LogP contribution in [0.15, 0.2) is 0 Å². The number of hydrogen-bond acceptors (Lipinski definition) is 1. The molecule has 0 amide bonds. The van der Waals surface area contributed by atoms with Crippen LogP contribution >= 0.6 is 11.6 Å². The molecule has 0 aromatic carbocycles. The van der Waals surface area contributed by atoms with Crippen molar-refractivity contribution in [1.29, 1.82) is 0 Å². The fourth-order valence-electron chi connectivity index (χ4n) is 1.00. The van der Waals surface area contributed by atoms with Gasteiger partial charge in [0.2, 0.25) is 0 Å². The summed E-state index contributed by atoms with van der Waals surface area (Å²) >= 11 is 5.46. The first kappa shape index (κ1) is 7.36. The summed E-state index contributed by atoms with van der Waals surface area (Å²) in [7, 11) is 0. The Labute approximate surface area is 61.0 Å². The Bertz CT molecular complexity index is 81.0. The molecule has 1 aliphatic rings. The van der Waals surface area contributed by atoms with E-state index in [1.165, 1.54) is 12.8 Å². The molecule has 9 heavy (non-hydrogen) atoms. The highest BCUT2D eigenvalue weighted by Gasteiger charge is 2.28. The van der Waals surface area contributed by atoms with Crippen molar-refractivity contribution in [2.45, 2.75) is 31.8 Å². The maximum absolute atomic E-state index is 9.26. The van der Waals surface area contributed by atoms with Crippen LogP contribution < -0.4 is 0 Å². The number of rotatable bonds is 4. The van der Waals surface area contributed by atoms with E-state index in [0.717, 1.165) is 12.8 Å². The van der Waals surface area contributed by atoms with Crippen molar-refractivity contribution >= 4 is 11.6 Å².